The van der Waals surface area contributed by atoms with E-state index in [1.54, 1.807) is 0 Å². The number of aromatic nitrogens is 4. The second-order valence-corrected chi connectivity index (χ2v) is 16.8. The number of ether oxygens (including phenoxy) is 1. The summed E-state index contributed by atoms with van der Waals surface area (Å²) in [7, 11) is -0.366. The Morgan fingerprint density at radius 3 is 1.98 bits per heavy atom. The molecule has 51 heavy (non-hydrogen) atoms. The molecular weight excluding hydrogens is 627 g/mol. The van der Waals surface area contributed by atoms with E-state index in [1.165, 1.54) is 27.5 Å². The van der Waals surface area contributed by atoms with Crippen LogP contribution < -0.4 is 14.9 Å². The molecule has 0 aliphatic carbocycles. The number of pyridine rings is 1. The normalized spacial score (nSPS) is 13.3. The first kappa shape index (κ1) is 32.9. The van der Waals surface area contributed by atoms with E-state index in [1.807, 2.05) is 61.1 Å². The van der Waals surface area contributed by atoms with Crippen LogP contribution in [0.5, 0.6) is 17.2 Å². The zero-order valence-electron chi connectivity index (χ0n) is 31.1. The maximum Gasteiger partial charge on any atom is 0.525 e. The molecule has 4 heterocycles. The highest BCUT2D eigenvalue weighted by Crippen LogP contribution is 2.41. The molecule has 0 atom stereocenters. The van der Waals surface area contributed by atoms with Crippen LogP contribution in [-0.4, -0.2) is 26.1 Å². The van der Waals surface area contributed by atoms with Crippen LogP contribution in [0, 0.1) is 0 Å². The van der Waals surface area contributed by atoms with E-state index in [4.69, 9.17) is 14.4 Å². The first-order chi connectivity index (χ1) is 24.2. The van der Waals surface area contributed by atoms with Gasteiger partial charge in [0.05, 0.1) is 16.6 Å². The summed E-state index contributed by atoms with van der Waals surface area (Å²) in [6.45, 7) is 20.7. The average molecular weight is 673 g/mol. The molecule has 7 aromatic rings. The molecule has 8 rings (SSSR count). The molecule has 0 saturated heterocycles. The molecular formula is C44H45BN4O2. The Morgan fingerprint density at radius 2 is 1.29 bits per heavy atom. The van der Waals surface area contributed by atoms with E-state index >= 15 is 0 Å². The number of hydrogen-bond donors (Lipinski definition) is 0. The van der Waals surface area contributed by atoms with Crippen LogP contribution in [0.4, 0.5) is 0 Å². The van der Waals surface area contributed by atoms with Crippen molar-refractivity contribution in [3.05, 3.63) is 126 Å². The van der Waals surface area contributed by atoms with Crippen molar-refractivity contribution in [1.29, 1.82) is 0 Å². The van der Waals surface area contributed by atoms with Crippen LogP contribution in [0.1, 0.15) is 79.0 Å². The highest BCUT2D eigenvalue weighted by molar-refractivity contribution is 6.68. The van der Waals surface area contributed by atoms with Gasteiger partial charge in [-0.15, -0.1) is 0 Å². The second-order valence-electron chi connectivity index (χ2n) is 16.8. The number of hydrogen-bond acceptors (Lipinski definition) is 4. The molecule has 256 valence electrons. The van der Waals surface area contributed by atoms with E-state index < -0.39 is 0 Å². The lowest BCUT2D eigenvalue weighted by Gasteiger charge is -2.36. The van der Waals surface area contributed by atoms with E-state index in [0.29, 0.717) is 5.75 Å². The molecule has 0 radical (unpaired) electrons. The summed E-state index contributed by atoms with van der Waals surface area (Å²) >= 11 is 0. The van der Waals surface area contributed by atoms with Crippen LogP contribution in [0.15, 0.2) is 110 Å². The average Bonchev–Trinajstić information content (AvgIpc) is 3.70. The number of benzene rings is 4. The Labute approximate surface area is 301 Å². The number of rotatable bonds is 4. The highest BCUT2D eigenvalue weighted by Gasteiger charge is 2.41. The number of para-hydroxylation sites is 1. The lowest BCUT2D eigenvalue weighted by atomic mass is 9.59. The number of fused-ring (bicyclic) bond motifs is 6. The predicted octanol–water partition coefficient (Wildman–Crippen LogP) is 10.4. The minimum absolute atomic E-state index is 0.00858. The van der Waals surface area contributed by atoms with Crippen LogP contribution >= 0.6 is 0 Å². The van der Waals surface area contributed by atoms with Gasteiger partial charge in [0.15, 0.2) is 0 Å². The molecule has 4 aromatic carbocycles. The summed E-state index contributed by atoms with van der Waals surface area (Å²) in [5, 5.41) is 2.32. The maximum atomic E-state index is 7.02. The molecule has 0 spiro atoms. The van der Waals surface area contributed by atoms with Gasteiger partial charge in [-0.3, -0.25) is 4.57 Å². The second kappa shape index (κ2) is 11.6. The minimum Gasteiger partial charge on any atom is -0.537 e. The van der Waals surface area contributed by atoms with Crippen molar-refractivity contribution >= 4 is 34.3 Å². The fourth-order valence-electron chi connectivity index (χ4n) is 7.41. The van der Waals surface area contributed by atoms with Gasteiger partial charge in [-0.2, -0.15) is 0 Å². The summed E-state index contributed by atoms with van der Waals surface area (Å²) in [4.78, 5) is 9.57. The Bertz CT molecular complexity index is 2400. The van der Waals surface area contributed by atoms with Crippen LogP contribution in [0.3, 0.4) is 0 Å². The third-order valence-electron chi connectivity index (χ3n) is 10.0. The summed E-state index contributed by atoms with van der Waals surface area (Å²) in [5.41, 5.74) is 7.98. The van der Waals surface area contributed by atoms with Gasteiger partial charge in [-0.05, 0) is 86.9 Å². The highest BCUT2D eigenvalue weighted by atomic mass is 16.5. The van der Waals surface area contributed by atoms with Gasteiger partial charge in [0.1, 0.15) is 28.9 Å². The smallest absolute Gasteiger partial charge is 0.525 e. The SMILES string of the molecule is CC(C)(C)c1cc(C(C)(C)C)c(B2Oc3ccc(Oc4ccc5c6ccccc6n(-c6ccccn6)c5c4)cc3-c3nccn32)c(C(C)(C)C)c1. The topological polar surface area (TPSA) is 54.1 Å². The number of imidazole rings is 1. The summed E-state index contributed by atoms with van der Waals surface area (Å²) in [5.74, 6) is 3.97. The summed E-state index contributed by atoms with van der Waals surface area (Å²) in [6.07, 6.45) is 5.74. The van der Waals surface area contributed by atoms with Crippen molar-refractivity contribution in [2.45, 2.75) is 78.6 Å². The molecule has 7 heteroatoms. The molecule has 0 unspecified atom stereocenters. The van der Waals surface area contributed by atoms with Gasteiger partial charge >= 0.3 is 7.05 Å². The summed E-state index contributed by atoms with van der Waals surface area (Å²) < 4.78 is 18.0. The molecule has 0 N–H and O–H groups in total. The molecule has 0 fully saturated rings. The first-order valence-corrected chi connectivity index (χ1v) is 17.8. The lowest BCUT2D eigenvalue weighted by molar-refractivity contribution is 0.480. The summed E-state index contributed by atoms with van der Waals surface area (Å²) in [6, 6.07) is 31.6. The van der Waals surface area contributed by atoms with Crippen LogP contribution in [0.2, 0.25) is 0 Å². The molecule has 0 saturated carbocycles. The van der Waals surface area contributed by atoms with Crippen molar-refractivity contribution in [1.82, 2.24) is 19.0 Å². The number of nitrogens with zero attached hydrogens (tertiary/aromatic N) is 4. The quantitative estimate of drug-likeness (QED) is 0.175. The fraction of sp³-hybridized carbons (Fsp3) is 0.273. The van der Waals surface area contributed by atoms with Crippen LogP contribution in [0.25, 0.3) is 39.0 Å². The maximum absolute atomic E-state index is 7.02. The fourth-order valence-corrected chi connectivity index (χ4v) is 7.41. The van der Waals surface area contributed by atoms with Crippen molar-refractivity contribution in [2.75, 3.05) is 0 Å². The van der Waals surface area contributed by atoms with E-state index in [9.17, 15) is 0 Å². The Hall–Kier alpha value is -5.30. The van der Waals surface area contributed by atoms with Gasteiger partial charge in [-0.1, -0.05) is 98.7 Å². The zero-order chi connectivity index (χ0) is 35.9. The van der Waals surface area contributed by atoms with Gasteiger partial charge in [-0.25, -0.2) is 9.97 Å². The van der Waals surface area contributed by atoms with Crippen molar-refractivity contribution in [2.24, 2.45) is 0 Å². The van der Waals surface area contributed by atoms with Crippen molar-refractivity contribution < 1.29 is 9.39 Å². The van der Waals surface area contributed by atoms with Gasteiger partial charge in [0.25, 0.3) is 0 Å². The monoisotopic (exact) mass is 672 g/mol. The zero-order valence-corrected chi connectivity index (χ0v) is 31.1. The Kier molecular flexibility index (Phi) is 7.50. The van der Waals surface area contributed by atoms with Gasteiger partial charge in [0.2, 0.25) is 0 Å². The lowest BCUT2D eigenvalue weighted by Crippen LogP contribution is -2.52. The standard InChI is InChI=1S/C44H45BN4O2/c1-42(2,3)28-24-34(43(4,5)6)40(35(25-28)44(7,8)9)45-48-23-22-47-41(48)33-26-29(18-20-38(33)51-45)50-30-17-19-32-31-14-10-11-15-36(31)49(37(32)27-30)39-16-12-13-21-46-39/h10-27H,1-9H3. The van der Waals surface area contributed by atoms with Gasteiger partial charge < -0.3 is 13.9 Å². The van der Waals surface area contributed by atoms with Crippen molar-refractivity contribution in [3.63, 3.8) is 0 Å². The largest absolute Gasteiger partial charge is 0.537 e. The molecule has 0 bridgehead atoms. The van der Waals surface area contributed by atoms with Gasteiger partial charge in [0, 0.05) is 35.4 Å². The predicted molar refractivity (Wildman–Crippen MR) is 210 cm³/mol. The molecule has 6 nitrogen and oxygen atoms in total. The first-order valence-electron chi connectivity index (χ1n) is 17.8. The van der Waals surface area contributed by atoms with Crippen LogP contribution in [-0.2, 0) is 16.2 Å². The Morgan fingerprint density at radius 1 is 0.627 bits per heavy atom. The third kappa shape index (κ3) is 5.69. The minimum atomic E-state index is -0.366. The molecule has 3 aromatic heterocycles. The van der Waals surface area contributed by atoms with Crippen molar-refractivity contribution in [3.8, 4) is 34.5 Å². The third-order valence-corrected chi connectivity index (χ3v) is 10.0. The Balaban J connectivity index is 1.20. The molecule has 1 aliphatic heterocycles. The van der Waals surface area contributed by atoms with E-state index in [0.717, 1.165) is 45.1 Å². The molecule has 0 amide bonds. The molecule has 1 aliphatic rings. The van der Waals surface area contributed by atoms with E-state index in [-0.39, 0.29) is 23.3 Å². The van der Waals surface area contributed by atoms with E-state index in [2.05, 4.69) is 125 Å².